The van der Waals surface area contributed by atoms with E-state index in [0.717, 1.165) is 59.2 Å². The van der Waals surface area contributed by atoms with E-state index >= 15 is 0 Å². The highest BCUT2D eigenvalue weighted by Crippen LogP contribution is 2.47. The molecule has 6 nitrogen and oxygen atoms in total. The normalized spacial score (nSPS) is 24.3. The zero-order valence-electron chi connectivity index (χ0n) is 18.3. The van der Waals surface area contributed by atoms with Gasteiger partial charge in [-0.25, -0.2) is 4.98 Å². The summed E-state index contributed by atoms with van der Waals surface area (Å²) in [5.41, 5.74) is 2.13. The maximum absolute atomic E-state index is 12.8. The lowest BCUT2D eigenvalue weighted by Crippen LogP contribution is -2.34. The Bertz CT molecular complexity index is 1190. The molecule has 1 N–H and O–H groups in total. The van der Waals surface area contributed by atoms with Gasteiger partial charge in [-0.1, -0.05) is 17.7 Å². The quantitative estimate of drug-likeness (QED) is 0.558. The molecule has 1 aliphatic heterocycles. The summed E-state index contributed by atoms with van der Waals surface area (Å²) in [5, 5.41) is 5.77. The lowest BCUT2D eigenvalue weighted by molar-refractivity contribution is -0.178. The van der Waals surface area contributed by atoms with Crippen LogP contribution in [0.25, 0.3) is 10.8 Å². The number of carbonyl (C=O) groups excluding carboxylic acids is 1. The van der Waals surface area contributed by atoms with E-state index in [9.17, 15) is 4.79 Å². The Morgan fingerprint density at radius 3 is 2.64 bits per heavy atom. The molecule has 1 spiro atoms. The highest BCUT2D eigenvalue weighted by molar-refractivity contribution is 6.32. The van der Waals surface area contributed by atoms with Gasteiger partial charge in [0.15, 0.2) is 5.79 Å². The molecule has 7 heteroatoms. The van der Waals surface area contributed by atoms with E-state index < -0.39 is 0 Å². The molecule has 3 aliphatic rings. The van der Waals surface area contributed by atoms with Crippen molar-refractivity contribution >= 4 is 34.1 Å². The number of aromatic nitrogens is 2. The fourth-order valence-electron chi connectivity index (χ4n) is 5.34. The van der Waals surface area contributed by atoms with Crippen molar-refractivity contribution in [1.29, 1.82) is 0 Å². The van der Waals surface area contributed by atoms with Gasteiger partial charge in [0, 0.05) is 53.2 Å². The topological polar surface area (TPSA) is 73.3 Å². The van der Waals surface area contributed by atoms with Crippen LogP contribution in [0.5, 0.6) is 0 Å². The summed E-state index contributed by atoms with van der Waals surface area (Å²) in [6.45, 7) is 1.37. The van der Waals surface area contributed by atoms with Gasteiger partial charge < -0.3 is 14.8 Å². The van der Waals surface area contributed by atoms with Gasteiger partial charge in [0.2, 0.25) is 5.91 Å². The Kier molecular flexibility index (Phi) is 5.32. The smallest absolute Gasteiger partial charge is 0.229 e. The van der Waals surface area contributed by atoms with Gasteiger partial charge in [0.1, 0.15) is 5.82 Å². The summed E-state index contributed by atoms with van der Waals surface area (Å²) in [6.07, 6.45) is 8.13. The minimum atomic E-state index is -0.378. The Morgan fingerprint density at radius 1 is 1.06 bits per heavy atom. The fourth-order valence-corrected chi connectivity index (χ4v) is 5.67. The van der Waals surface area contributed by atoms with Crippen molar-refractivity contribution in [3.63, 3.8) is 0 Å². The van der Waals surface area contributed by atoms with Gasteiger partial charge in [-0.2, -0.15) is 0 Å². The molecule has 2 atom stereocenters. The predicted octanol–water partition coefficient (Wildman–Crippen LogP) is 5.43. The van der Waals surface area contributed by atoms with Crippen LogP contribution in [0.3, 0.4) is 0 Å². The second-order valence-electron chi connectivity index (χ2n) is 9.36. The molecule has 1 saturated heterocycles. The summed E-state index contributed by atoms with van der Waals surface area (Å²) < 4.78 is 11.7. The van der Waals surface area contributed by atoms with E-state index in [0.29, 0.717) is 24.9 Å². The SMILES string of the molecule is O=C(Nc1cc2cc(C3CCC4(CC3)OCCO4)c(Cl)cc2cn1)C1C[C@H]1c1ccccn1. The number of ether oxygens (including phenoxy) is 2. The van der Waals surface area contributed by atoms with Crippen molar-refractivity contribution < 1.29 is 14.3 Å². The largest absolute Gasteiger partial charge is 0.348 e. The van der Waals surface area contributed by atoms with Crippen LogP contribution in [0.1, 0.15) is 55.2 Å². The Hall–Kier alpha value is -2.54. The van der Waals surface area contributed by atoms with Crippen LogP contribution in [0.2, 0.25) is 5.02 Å². The number of pyridine rings is 2. The molecule has 170 valence electrons. The Morgan fingerprint density at radius 2 is 1.88 bits per heavy atom. The molecule has 0 radical (unpaired) electrons. The lowest BCUT2D eigenvalue weighted by Gasteiger charge is -2.35. The Balaban J connectivity index is 1.17. The summed E-state index contributed by atoms with van der Waals surface area (Å²) in [4.78, 5) is 21.6. The molecule has 2 aliphatic carbocycles. The van der Waals surface area contributed by atoms with E-state index in [1.807, 2.05) is 30.3 Å². The molecule has 33 heavy (non-hydrogen) atoms. The maximum Gasteiger partial charge on any atom is 0.229 e. The number of hydrogen-bond acceptors (Lipinski definition) is 5. The Labute approximate surface area is 197 Å². The second-order valence-corrected chi connectivity index (χ2v) is 9.77. The van der Waals surface area contributed by atoms with Crippen LogP contribution in [-0.4, -0.2) is 34.9 Å². The number of nitrogens with zero attached hydrogens (tertiary/aromatic N) is 2. The van der Waals surface area contributed by atoms with E-state index in [2.05, 4.69) is 21.4 Å². The minimum Gasteiger partial charge on any atom is -0.348 e. The van der Waals surface area contributed by atoms with Gasteiger partial charge in [0.05, 0.1) is 13.2 Å². The molecule has 1 aromatic carbocycles. The molecule has 3 aromatic rings. The lowest BCUT2D eigenvalue weighted by atomic mass is 9.80. The highest BCUT2D eigenvalue weighted by Gasteiger charge is 2.45. The van der Waals surface area contributed by atoms with E-state index in [1.54, 1.807) is 12.4 Å². The number of rotatable bonds is 4. The van der Waals surface area contributed by atoms with Gasteiger partial charge >= 0.3 is 0 Å². The van der Waals surface area contributed by atoms with Crippen molar-refractivity contribution in [2.24, 2.45) is 5.92 Å². The number of carbonyl (C=O) groups is 1. The molecule has 3 fully saturated rings. The van der Waals surface area contributed by atoms with Crippen molar-refractivity contribution in [2.45, 2.75) is 49.7 Å². The standard InChI is InChI=1S/C26H26ClN3O3/c27-22-12-18-15-29-24(30-25(31)21-14-20(21)23-3-1-2-8-28-23)13-17(18)11-19(22)16-4-6-26(7-5-16)32-9-10-33-26/h1-3,8,11-13,15-16,20-21H,4-7,9-10,14H2,(H,29,30,31)/t20-,21?/m1/s1. The number of anilines is 1. The number of fused-ring (bicyclic) bond motifs is 1. The summed E-state index contributed by atoms with van der Waals surface area (Å²) >= 11 is 6.67. The summed E-state index contributed by atoms with van der Waals surface area (Å²) in [5.74, 6) is 0.713. The molecule has 6 rings (SSSR count). The van der Waals surface area contributed by atoms with Gasteiger partial charge in [0.25, 0.3) is 0 Å². The molecular formula is C26H26ClN3O3. The number of nitrogens with one attached hydrogen (secondary N) is 1. The molecule has 0 bridgehead atoms. The molecular weight excluding hydrogens is 438 g/mol. The summed E-state index contributed by atoms with van der Waals surface area (Å²) in [7, 11) is 0. The molecule has 3 heterocycles. The van der Waals surface area contributed by atoms with Crippen LogP contribution < -0.4 is 5.32 Å². The monoisotopic (exact) mass is 463 g/mol. The average Bonchev–Trinajstić information content (AvgIpc) is 3.53. The second kappa shape index (κ2) is 8.35. The van der Waals surface area contributed by atoms with Gasteiger partial charge in [-0.05, 0) is 66.5 Å². The zero-order valence-corrected chi connectivity index (χ0v) is 19.1. The third kappa shape index (κ3) is 4.12. The third-order valence-electron chi connectivity index (χ3n) is 7.28. The first-order chi connectivity index (χ1) is 16.1. The fraction of sp³-hybridized carbons (Fsp3) is 0.423. The minimum absolute atomic E-state index is 0.000771. The molecule has 1 unspecified atom stereocenters. The first-order valence-corrected chi connectivity index (χ1v) is 12.1. The number of benzene rings is 1. The molecule has 1 amide bonds. The average molecular weight is 464 g/mol. The predicted molar refractivity (Wildman–Crippen MR) is 126 cm³/mol. The van der Waals surface area contributed by atoms with Crippen LogP contribution in [0, 0.1) is 5.92 Å². The van der Waals surface area contributed by atoms with Crippen molar-refractivity contribution in [2.75, 3.05) is 18.5 Å². The molecule has 2 saturated carbocycles. The van der Waals surface area contributed by atoms with E-state index in [1.165, 1.54) is 0 Å². The number of amides is 1. The van der Waals surface area contributed by atoms with E-state index in [-0.39, 0.29) is 23.5 Å². The van der Waals surface area contributed by atoms with Crippen molar-refractivity contribution in [3.05, 3.63) is 65.1 Å². The third-order valence-corrected chi connectivity index (χ3v) is 7.61. The first-order valence-electron chi connectivity index (χ1n) is 11.7. The van der Waals surface area contributed by atoms with E-state index in [4.69, 9.17) is 21.1 Å². The van der Waals surface area contributed by atoms with Crippen LogP contribution >= 0.6 is 11.6 Å². The van der Waals surface area contributed by atoms with Crippen molar-refractivity contribution in [1.82, 2.24) is 9.97 Å². The van der Waals surface area contributed by atoms with Crippen LogP contribution in [0.15, 0.2) is 48.8 Å². The molecule has 2 aromatic heterocycles. The maximum atomic E-state index is 12.8. The number of hydrogen-bond donors (Lipinski definition) is 1. The van der Waals surface area contributed by atoms with Crippen LogP contribution in [0.4, 0.5) is 5.82 Å². The first kappa shape index (κ1) is 21.0. The van der Waals surface area contributed by atoms with Crippen molar-refractivity contribution in [3.8, 4) is 0 Å². The highest BCUT2D eigenvalue weighted by atomic mass is 35.5. The summed E-state index contributed by atoms with van der Waals surface area (Å²) in [6, 6.07) is 11.9. The number of halogens is 1. The van der Waals surface area contributed by atoms with Crippen LogP contribution in [-0.2, 0) is 14.3 Å². The van der Waals surface area contributed by atoms with Gasteiger partial charge in [-0.15, -0.1) is 0 Å². The van der Waals surface area contributed by atoms with Gasteiger partial charge in [-0.3, -0.25) is 9.78 Å². The zero-order chi connectivity index (χ0) is 22.4.